The molecule has 0 fully saturated rings. The standard InChI is InChI=1S/C22H17Br2NO4S/c23-17-9-19(30-21(17)24)18(10-20(26)27)25-22(28)29-11-16-14-7-3-1-5-12(14)13-6-2-4-8-15(13)16/h1-9,16,18H,10-11H2,(H,25,28)(H,26,27)/t18-/m0/s1. The van der Waals surface area contributed by atoms with Crippen molar-refractivity contribution in [3.63, 3.8) is 0 Å². The van der Waals surface area contributed by atoms with Gasteiger partial charge in [0.05, 0.1) is 16.2 Å². The Morgan fingerprint density at radius 2 is 1.67 bits per heavy atom. The summed E-state index contributed by atoms with van der Waals surface area (Å²) in [7, 11) is 0. The minimum Gasteiger partial charge on any atom is -0.481 e. The number of carbonyl (C=O) groups is 2. The van der Waals surface area contributed by atoms with Gasteiger partial charge in [0.15, 0.2) is 0 Å². The molecular weight excluding hydrogens is 534 g/mol. The van der Waals surface area contributed by atoms with Gasteiger partial charge in [-0.05, 0) is 60.2 Å². The fourth-order valence-corrected chi connectivity index (χ4v) is 5.86. The van der Waals surface area contributed by atoms with Gasteiger partial charge in [-0.2, -0.15) is 0 Å². The van der Waals surface area contributed by atoms with E-state index in [1.54, 1.807) is 6.07 Å². The second-order valence-electron chi connectivity index (χ2n) is 6.89. The van der Waals surface area contributed by atoms with Gasteiger partial charge in [0, 0.05) is 15.3 Å². The summed E-state index contributed by atoms with van der Waals surface area (Å²) in [6.07, 6.45) is -0.868. The molecule has 0 saturated carbocycles. The topological polar surface area (TPSA) is 75.6 Å². The molecule has 154 valence electrons. The zero-order chi connectivity index (χ0) is 21.3. The average Bonchev–Trinajstić information content (AvgIpc) is 3.23. The first kappa shape index (κ1) is 21.1. The first-order valence-corrected chi connectivity index (χ1v) is 11.6. The van der Waals surface area contributed by atoms with E-state index >= 15 is 0 Å². The third kappa shape index (κ3) is 4.31. The maximum atomic E-state index is 12.5. The number of carbonyl (C=O) groups excluding carboxylic acids is 1. The van der Waals surface area contributed by atoms with Crippen LogP contribution in [0.25, 0.3) is 11.1 Å². The van der Waals surface area contributed by atoms with Crippen LogP contribution in [0, 0.1) is 0 Å². The smallest absolute Gasteiger partial charge is 0.407 e. The quantitative estimate of drug-likeness (QED) is 0.376. The fourth-order valence-electron chi connectivity index (χ4n) is 3.71. The molecule has 2 aromatic carbocycles. The van der Waals surface area contributed by atoms with E-state index in [0.29, 0.717) is 0 Å². The maximum absolute atomic E-state index is 12.5. The van der Waals surface area contributed by atoms with Crippen LogP contribution in [0.2, 0.25) is 0 Å². The number of alkyl carbamates (subject to hydrolysis) is 1. The van der Waals surface area contributed by atoms with Crippen molar-refractivity contribution in [2.24, 2.45) is 0 Å². The highest BCUT2D eigenvalue weighted by Gasteiger charge is 2.29. The van der Waals surface area contributed by atoms with Crippen LogP contribution < -0.4 is 5.32 Å². The summed E-state index contributed by atoms with van der Waals surface area (Å²) in [5.41, 5.74) is 4.55. The van der Waals surface area contributed by atoms with E-state index in [2.05, 4.69) is 61.4 Å². The molecule has 1 aliphatic carbocycles. The van der Waals surface area contributed by atoms with Crippen LogP contribution in [0.4, 0.5) is 4.79 Å². The summed E-state index contributed by atoms with van der Waals surface area (Å²) in [6.45, 7) is 0.178. The number of fused-ring (bicyclic) bond motifs is 3. The van der Waals surface area contributed by atoms with E-state index in [1.807, 2.05) is 24.3 Å². The molecule has 1 amide bonds. The Morgan fingerprint density at radius 1 is 1.07 bits per heavy atom. The Hall–Kier alpha value is -2.16. The molecule has 0 unspecified atom stereocenters. The SMILES string of the molecule is O=C(O)C[C@H](NC(=O)OCC1c2ccccc2-c2ccccc21)c1cc(Br)c(Br)s1. The molecule has 0 bridgehead atoms. The molecule has 0 saturated heterocycles. The van der Waals surface area contributed by atoms with Crippen molar-refractivity contribution in [3.8, 4) is 11.1 Å². The highest BCUT2D eigenvalue weighted by Crippen LogP contribution is 2.44. The Balaban J connectivity index is 1.48. The second kappa shape index (κ2) is 8.91. The van der Waals surface area contributed by atoms with Gasteiger partial charge in [0.25, 0.3) is 0 Å². The number of rotatable bonds is 6. The van der Waals surface area contributed by atoms with Crippen LogP contribution in [-0.4, -0.2) is 23.8 Å². The number of hydrogen-bond donors (Lipinski definition) is 2. The van der Waals surface area contributed by atoms with Gasteiger partial charge < -0.3 is 15.2 Å². The molecule has 4 rings (SSSR count). The van der Waals surface area contributed by atoms with Crippen LogP contribution in [-0.2, 0) is 9.53 Å². The highest BCUT2D eigenvalue weighted by atomic mass is 79.9. The lowest BCUT2D eigenvalue weighted by molar-refractivity contribution is -0.137. The summed E-state index contributed by atoms with van der Waals surface area (Å²) >= 11 is 8.17. The lowest BCUT2D eigenvalue weighted by Crippen LogP contribution is -2.31. The van der Waals surface area contributed by atoms with Crippen LogP contribution in [0.1, 0.15) is 34.4 Å². The van der Waals surface area contributed by atoms with E-state index in [0.717, 1.165) is 35.4 Å². The largest absolute Gasteiger partial charge is 0.481 e. The zero-order valence-corrected chi connectivity index (χ0v) is 19.6. The molecule has 2 N–H and O–H groups in total. The third-order valence-electron chi connectivity index (χ3n) is 5.02. The number of aliphatic carboxylic acids is 1. The normalized spacial score (nSPS) is 13.4. The zero-order valence-electron chi connectivity index (χ0n) is 15.6. The van der Waals surface area contributed by atoms with Crippen molar-refractivity contribution in [2.45, 2.75) is 18.4 Å². The number of amides is 1. The number of thiophene rings is 1. The predicted molar refractivity (Wildman–Crippen MR) is 123 cm³/mol. The van der Waals surface area contributed by atoms with Crippen molar-refractivity contribution in [1.29, 1.82) is 0 Å². The number of hydrogen-bond acceptors (Lipinski definition) is 4. The third-order valence-corrected chi connectivity index (χ3v) is 8.39. The van der Waals surface area contributed by atoms with Gasteiger partial charge in [-0.3, -0.25) is 4.79 Å². The molecular formula is C22H17Br2NO4S. The molecule has 3 aromatic rings. The minimum atomic E-state index is -1.00. The summed E-state index contributed by atoms with van der Waals surface area (Å²) in [6, 6.07) is 17.3. The Bertz CT molecular complexity index is 1050. The maximum Gasteiger partial charge on any atom is 0.407 e. The monoisotopic (exact) mass is 549 g/mol. The average molecular weight is 551 g/mol. The number of carboxylic acids is 1. The van der Waals surface area contributed by atoms with E-state index in [9.17, 15) is 14.7 Å². The van der Waals surface area contributed by atoms with Crippen molar-refractivity contribution in [3.05, 3.63) is 78.9 Å². The number of carboxylic acid groups (broad SMARTS) is 1. The Labute approximate surface area is 194 Å². The first-order chi connectivity index (χ1) is 14.4. The fraction of sp³-hybridized carbons (Fsp3) is 0.182. The first-order valence-electron chi connectivity index (χ1n) is 9.22. The Morgan fingerprint density at radius 3 is 2.20 bits per heavy atom. The predicted octanol–water partition coefficient (Wildman–Crippen LogP) is 6.33. The number of ether oxygens (including phenoxy) is 1. The van der Waals surface area contributed by atoms with Gasteiger partial charge in [-0.25, -0.2) is 4.79 Å². The molecule has 1 heterocycles. The number of halogens is 2. The van der Waals surface area contributed by atoms with Crippen LogP contribution >= 0.6 is 43.2 Å². The molecule has 1 aliphatic rings. The van der Waals surface area contributed by atoms with Crippen LogP contribution in [0.5, 0.6) is 0 Å². The second-order valence-corrected chi connectivity index (χ2v) is 10.1. The van der Waals surface area contributed by atoms with Crippen molar-refractivity contribution in [1.82, 2.24) is 5.32 Å². The van der Waals surface area contributed by atoms with Gasteiger partial charge in [0.2, 0.25) is 0 Å². The highest BCUT2D eigenvalue weighted by molar-refractivity contribution is 9.13. The molecule has 5 nitrogen and oxygen atoms in total. The van der Waals surface area contributed by atoms with Crippen molar-refractivity contribution < 1.29 is 19.4 Å². The van der Waals surface area contributed by atoms with Gasteiger partial charge in [0.1, 0.15) is 6.61 Å². The molecule has 8 heteroatoms. The van der Waals surface area contributed by atoms with Gasteiger partial charge >= 0.3 is 12.1 Å². The molecule has 30 heavy (non-hydrogen) atoms. The van der Waals surface area contributed by atoms with Crippen LogP contribution in [0.3, 0.4) is 0 Å². The van der Waals surface area contributed by atoms with E-state index in [-0.39, 0.29) is 18.9 Å². The van der Waals surface area contributed by atoms with Crippen LogP contribution in [0.15, 0.2) is 62.9 Å². The molecule has 0 aliphatic heterocycles. The lowest BCUT2D eigenvalue weighted by atomic mass is 9.98. The summed E-state index contributed by atoms with van der Waals surface area (Å²) in [5, 5.41) is 11.9. The molecule has 1 aromatic heterocycles. The van der Waals surface area contributed by atoms with Gasteiger partial charge in [-0.1, -0.05) is 48.5 Å². The molecule has 0 spiro atoms. The Kier molecular flexibility index (Phi) is 6.26. The molecule has 1 atom stereocenters. The van der Waals surface area contributed by atoms with E-state index in [4.69, 9.17) is 4.74 Å². The number of nitrogens with one attached hydrogen (secondary N) is 1. The van der Waals surface area contributed by atoms with Crippen molar-refractivity contribution >= 4 is 55.3 Å². The minimum absolute atomic E-state index is 0.0499. The van der Waals surface area contributed by atoms with Gasteiger partial charge in [-0.15, -0.1) is 11.3 Å². The summed E-state index contributed by atoms with van der Waals surface area (Å²) in [5.74, 6) is -1.05. The van der Waals surface area contributed by atoms with E-state index < -0.39 is 18.1 Å². The summed E-state index contributed by atoms with van der Waals surface area (Å²) in [4.78, 5) is 24.5. The van der Waals surface area contributed by atoms with Crippen molar-refractivity contribution in [2.75, 3.05) is 6.61 Å². The summed E-state index contributed by atoms with van der Waals surface area (Å²) < 4.78 is 7.20. The lowest BCUT2D eigenvalue weighted by Gasteiger charge is -2.18. The number of benzene rings is 2. The molecule has 0 radical (unpaired) electrons. The van der Waals surface area contributed by atoms with E-state index in [1.165, 1.54) is 11.3 Å².